The van der Waals surface area contributed by atoms with Crippen LogP contribution in [0.2, 0.25) is 0 Å². The Morgan fingerprint density at radius 2 is 2.54 bits per heavy atom. The molecule has 0 bridgehead atoms. The number of carboxylic acids is 1. The second kappa shape index (κ2) is 4.04. The number of nitrogens with zero attached hydrogens (tertiary/aromatic N) is 2. The maximum Gasteiger partial charge on any atom is 0.305 e. The fraction of sp³-hybridized carbons (Fsp3) is 0.500. The van der Waals surface area contributed by atoms with Gasteiger partial charge in [-0.25, -0.2) is 0 Å². The van der Waals surface area contributed by atoms with E-state index in [0.29, 0.717) is 6.54 Å². The maximum absolute atomic E-state index is 10.4. The van der Waals surface area contributed by atoms with Gasteiger partial charge in [-0.15, -0.1) is 0 Å². The number of hydrogen-bond donors (Lipinski definition) is 2. The van der Waals surface area contributed by atoms with E-state index >= 15 is 0 Å². The van der Waals surface area contributed by atoms with Crippen LogP contribution in [0.1, 0.15) is 25.1 Å². The van der Waals surface area contributed by atoms with Crippen molar-refractivity contribution in [3.8, 4) is 0 Å². The largest absolute Gasteiger partial charge is 0.481 e. The van der Waals surface area contributed by atoms with Gasteiger partial charge in [0.2, 0.25) is 0 Å². The van der Waals surface area contributed by atoms with Gasteiger partial charge in [0.1, 0.15) is 0 Å². The lowest BCUT2D eigenvalue weighted by Crippen LogP contribution is -2.19. The molecule has 0 unspecified atom stereocenters. The first-order valence-corrected chi connectivity index (χ1v) is 4.14. The molecule has 5 heteroatoms. The molecule has 0 amide bonds. The number of carboxylic acid groups (broad SMARTS) is 1. The number of aliphatic carboxylic acids is 1. The van der Waals surface area contributed by atoms with Crippen molar-refractivity contribution in [3.05, 3.63) is 18.0 Å². The Hall–Kier alpha value is -1.36. The molecule has 1 heterocycles. The number of hydrogen-bond acceptors (Lipinski definition) is 3. The van der Waals surface area contributed by atoms with Gasteiger partial charge in [0.25, 0.3) is 0 Å². The number of carbonyl (C=O) groups is 1. The van der Waals surface area contributed by atoms with Gasteiger partial charge in [0, 0.05) is 12.7 Å². The minimum atomic E-state index is -0.892. The molecule has 0 aliphatic heterocycles. The van der Waals surface area contributed by atoms with Crippen LogP contribution >= 0.6 is 0 Å². The molecule has 1 aromatic rings. The van der Waals surface area contributed by atoms with E-state index in [1.165, 1.54) is 0 Å². The van der Waals surface area contributed by atoms with E-state index < -0.39 is 12.0 Å². The van der Waals surface area contributed by atoms with Gasteiger partial charge >= 0.3 is 5.97 Å². The fourth-order valence-corrected chi connectivity index (χ4v) is 1.21. The lowest BCUT2D eigenvalue weighted by Gasteiger charge is -2.10. The Labute approximate surface area is 76.2 Å². The molecule has 0 fully saturated rings. The summed E-state index contributed by atoms with van der Waals surface area (Å²) >= 11 is 0. The smallest absolute Gasteiger partial charge is 0.305 e. The Morgan fingerprint density at radius 1 is 1.85 bits per heavy atom. The molecule has 72 valence electrons. The van der Waals surface area contributed by atoms with Crippen molar-refractivity contribution in [2.75, 3.05) is 0 Å². The molecule has 0 spiro atoms. The Balaban J connectivity index is 2.75. The van der Waals surface area contributed by atoms with Crippen molar-refractivity contribution in [2.45, 2.75) is 25.9 Å². The number of nitrogens with two attached hydrogens (primary N) is 1. The molecule has 0 aliphatic rings. The van der Waals surface area contributed by atoms with Gasteiger partial charge in [-0.05, 0) is 13.0 Å². The normalized spacial score (nSPS) is 12.8. The van der Waals surface area contributed by atoms with Gasteiger partial charge in [-0.3, -0.25) is 9.48 Å². The quantitative estimate of drug-likeness (QED) is 0.707. The van der Waals surface area contributed by atoms with E-state index in [4.69, 9.17) is 10.8 Å². The van der Waals surface area contributed by atoms with E-state index in [-0.39, 0.29) is 6.42 Å². The van der Waals surface area contributed by atoms with Crippen LogP contribution < -0.4 is 5.73 Å². The van der Waals surface area contributed by atoms with Crippen molar-refractivity contribution in [3.63, 3.8) is 0 Å². The first kappa shape index (κ1) is 9.73. The lowest BCUT2D eigenvalue weighted by molar-refractivity contribution is -0.137. The minimum Gasteiger partial charge on any atom is -0.481 e. The molecular formula is C8H13N3O2. The second-order valence-corrected chi connectivity index (χ2v) is 2.78. The molecule has 0 saturated heterocycles. The zero-order valence-corrected chi connectivity index (χ0v) is 7.47. The summed E-state index contributed by atoms with van der Waals surface area (Å²) in [4.78, 5) is 10.4. The van der Waals surface area contributed by atoms with Crippen LogP contribution in [0.25, 0.3) is 0 Å². The van der Waals surface area contributed by atoms with Crippen molar-refractivity contribution in [1.29, 1.82) is 0 Å². The van der Waals surface area contributed by atoms with Crippen molar-refractivity contribution in [1.82, 2.24) is 9.78 Å². The zero-order chi connectivity index (χ0) is 9.84. The molecule has 0 saturated carbocycles. The van der Waals surface area contributed by atoms with Gasteiger partial charge in [0.15, 0.2) is 0 Å². The monoisotopic (exact) mass is 183 g/mol. The lowest BCUT2D eigenvalue weighted by atomic mass is 10.1. The van der Waals surface area contributed by atoms with Crippen LogP contribution in [0.5, 0.6) is 0 Å². The van der Waals surface area contributed by atoms with Crippen molar-refractivity contribution in [2.24, 2.45) is 5.73 Å². The highest BCUT2D eigenvalue weighted by Gasteiger charge is 2.13. The average Bonchev–Trinajstić information content (AvgIpc) is 2.49. The zero-order valence-electron chi connectivity index (χ0n) is 7.47. The first-order chi connectivity index (χ1) is 6.15. The Bertz CT molecular complexity index is 295. The molecule has 0 radical (unpaired) electrons. The highest BCUT2D eigenvalue weighted by atomic mass is 16.4. The van der Waals surface area contributed by atoms with Crippen LogP contribution in [0.4, 0.5) is 0 Å². The van der Waals surface area contributed by atoms with E-state index in [1.807, 2.05) is 6.92 Å². The fourth-order valence-electron chi connectivity index (χ4n) is 1.21. The summed E-state index contributed by atoms with van der Waals surface area (Å²) in [7, 11) is 0. The van der Waals surface area contributed by atoms with Gasteiger partial charge in [-0.2, -0.15) is 5.10 Å². The van der Waals surface area contributed by atoms with Crippen molar-refractivity contribution >= 4 is 5.97 Å². The van der Waals surface area contributed by atoms with Gasteiger partial charge < -0.3 is 10.8 Å². The van der Waals surface area contributed by atoms with E-state index in [9.17, 15) is 4.79 Å². The summed E-state index contributed by atoms with van der Waals surface area (Å²) in [6, 6.07) is 1.27. The number of aryl methyl sites for hydroxylation is 1. The maximum atomic E-state index is 10.4. The highest BCUT2D eigenvalue weighted by molar-refractivity contribution is 5.67. The van der Waals surface area contributed by atoms with Crippen LogP contribution in [0, 0.1) is 0 Å². The van der Waals surface area contributed by atoms with E-state index in [0.717, 1.165) is 5.69 Å². The van der Waals surface area contributed by atoms with Crippen LogP contribution in [-0.2, 0) is 11.3 Å². The molecule has 1 atom stereocenters. The van der Waals surface area contributed by atoms with E-state index in [2.05, 4.69) is 5.10 Å². The number of aromatic nitrogens is 2. The summed E-state index contributed by atoms with van der Waals surface area (Å²) in [6.07, 6.45) is 1.56. The molecule has 1 aromatic heterocycles. The molecule has 0 aromatic carbocycles. The third-order valence-corrected chi connectivity index (χ3v) is 1.82. The van der Waals surface area contributed by atoms with Crippen LogP contribution in [-0.4, -0.2) is 20.9 Å². The first-order valence-electron chi connectivity index (χ1n) is 4.14. The summed E-state index contributed by atoms with van der Waals surface area (Å²) in [5.41, 5.74) is 6.44. The molecule has 13 heavy (non-hydrogen) atoms. The predicted molar refractivity (Wildman–Crippen MR) is 47.1 cm³/mol. The third kappa shape index (κ3) is 2.29. The number of rotatable bonds is 4. The molecule has 3 N–H and O–H groups in total. The van der Waals surface area contributed by atoms with Crippen LogP contribution in [0.3, 0.4) is 0 Å². The van der Waals surface area contributed by atoms with Crippen LogP contribution in [0.15, 0.2) is 12.3 Å². The van der Waals surface area contributed by atoms with Gasteiger partial charge in [-0.1, -0.05) is 0 Å². The second-order valence-electron chi connectivity index (χ2n) is 2.78. The Kier molecular flexibility index (Phi) is 3.02. The molecule has 5 nitrogen and oxygen atoms in total. The summed E-state index contributed by atoms with van der Waals surface area (Å²) < 4.78 is 1.70. The Morgan fingerprint density at radius 3 is 3.08 bits per heavy atom. The SMILES string of the molecule is CCn1nccc1[C@H](N)CC(=O)O. The summed E-state index contributed by atoms with van der Waals surface area (Å²) in [5.74, 6) is -0.892. The molecule has 1 rings (SSSR count). The molecule has 0 aliphatic carbocycles. The molecular weight excluding hydrogens is 170 g/mol. The summed E-state index contributed by atoms with van der Waals surface area (Å²) in [5, 5.41) is 12.5. The standard InChI is InChI=1S/C8H13N3O2/c1-2-11-7(3-4-10-11)6(9)5-8(12)13/h3-4,6H,2,5,9H2,1H3,(H,12,13)/t6-/m1/s1. The summed E-state index contributed by atoms with van der Waals surface area (Å²) in [6.45, 7) is 2.64. The van der Waals surface area contributed by atoms with E-state index in [1.54, 1.807) is 16.9 Å². The van der Waals surface area contributed by atoms with Crippen molar-refractivity contribution < 1.29 is 9.90 Å². The average molecular weight is 183 g/mol. The predicted octanol–water partition coefficient (Wildman–Crippen LogP) is 0.378. The van der Waals surface area contributed by atoms with Gasteiger partial charge in [0.05, 0.1) is 18.2 Å². The topological polar surface area (TPSA) is 81.1 Å². The highest BCUT2D eigenvalue weighted by Crippen LogP contribution is 2.12. The minimum absolute atomic E-state index is 0.0638. The third-order valence-electron chi connectivity index (χ3n) is 1.82.